The van der Waals surface area contributed by atoms with Crippen molar-refractivity contribution >= 4 is 15.9 Å². The molecule has 2 rings (SSSR count). The predicted octanol–water partition coefficient (Wildman–Crippen LogP) is 3.57. The third kappa shape index (κ3) is 1.35. The van der Waals surface area contributed by atoms with Gasteiger partial charge in [-0.1, -0.05) is 22.9 Å². The molecule has 0 bridgehead atoms. The molecule has 1 aromatic heterocycles. The van der Waals surface area contributed by atoms with Gasteiger partial charge in [-0.3, -0.25) is 0 Å². The van der Waals surface area contributed by atoms with Gasteiger partial charge in [0.15, 0.2) is 0 Å². The fraction of sp³-hybridized carbons (Fsp3) is 0.636. The minimum Gasteiger partial charge on any atom is -0.466 e. The Hall–Kier alpha value is -0.240. The van der Waals surface area contributed by atoms with E-state index < -0.39 is 0 Å². The van der Waals surface area contributed by atoms with Crippen molar-refractivity contribution < 1.29 is 4.42 Å². The summed E-state index contributed by atoms with van der Waals surface area (Å²) in [6, 6.07) is 2.19. The Kier molecular flexibility index (Phi) is 2.06. The summed E-state index contributed by atoms with van der Waals surface area (Å²) in [5, 5.41) is 1.10. The lowest BCUT2D eigenvalue weighted by Gasteiger charge is -2.08. The molecule has 0 amide bonds. The van der Waals surface area contributed by atoms with Gasteiger partial charge in [-0.05, 0) is 43.2 Å². The Morgan fingerprint density at radius 1 is 1.62 bits per heavy atom. The average Bonchev–Trinajstić information content (AvgIpc) is 2.61. The first kappa shape index (κ1) is 9.32. The molecule has 0 N–H and O–H groups in total. The molecule has 0 aromatic carbocycles. The Bertz CT molecular complexity index is 329. The molecule has 72 valence electrons. The molecule has 0 spiro atoms. The zero-order chi connectivity index (χ0) is 9.64. The fourth-order valence-electron chi connectivity index (χ4n) is 2.21. The van der Waals surface area contributed by atoms with Gasteiger partial charge in [0.1, 0.15) is 11.5 Å². The van der Waals surface area contributed by atoms with Crippen molar-refractivity contribution in [1.82, 2.24) is 0 Å². The first-order valence-electron chi connectivity index (χ1n) is 4.71. The van der Waals surface area contributed by atoms with Crippen LogP contribution in [-0.2, 0) is 5.41 Å². The van der Waals surface area contributed by atoms with Crippen LogP contribution < -0.4 is 0 Å². The molecule has 1 saturated carbocycles. The van der Waals surface area contributed by atoms with Crippen molar-refractivity contribution in [3.05, 3.63) is 23.2 Å². The second-order valence-corrected chi connectivity index (χ2v) is 4.95. The number of furan rings is 1. The molecule has 1 nitrogen and oxygen atoms in total. The number of halogens is 1. The van der Waals surface area contributed by atoms with Crippen LogP contribution in [0.3, 0.4) is 0 Å². The summed E-state index contributed by atoms with van der Waals surface area (Å²) in [5.74, 6) is 2.93. The molecule has 1 aliphatic carbocycles. The molecule has 0 saturated heterocycles. The van der Waals surface area contributed by atoms with Crippen LogP contribution >= 0.6 is 15.9 Å². The van der Waals surface area contributed by atoms with E-state index in [1.807, 2.05) is 6.92 Å². The fourth-order valence-corrected chi connectivity index (χ4v) is 3.15. The number of hydrogen-bond acceptors (Lipinski definition) is 1. The number of hydrogen-bond donors (Lipinski definition) is 0. The Labute approximate surface area is 87.6 Å². The van der Waals surface area contributed by atoms with Gasteiger partial charge in [-0.25, -0.2) is 0 Å². The van der Waals surface area contributed by atoms with E-state index in [0.717, 1.165) is 22.8 Å². The largest absolute Gasteiger partial charge is 0.466 e. The first-order valence-corrected chi connectivity index (χ1v) is 5.83. The van der Waals surface area contributed by atoms with Gasteiger partial charge in [0.05, 0.1) is 0 Å². The lowest BCUT2D eigenvalue weighted by Crippen LogP contribution is -2.05. The van der Waals surface area contributed by atoms with Gasteiger partial charge in [0.25, 0.3) is 0 Å². The molecule has 2 unspecified atom stereocenters. The van der Waals surface area contributed by atoms with Crippen molar-refractivity contribution in [3.8, 4) is 0 Å². The zero-order valence-corrected chi connectivity index (χ0v) is 9.94. The quantitative estimate of drug-likeness (QED) is 0.724. The summed E-state index contributed by atoms with van der Waals surface area (Å²) in [4.78, 5) is 0. The topological polar surface area (TPSA) is 13.1 Å². The highest BCUT2D eigenvalue weighted by atomic mass is 79.9. The lowest BCUT2D eigenvalue weighted by atomic mass is 9.96. The van der Waals surface area contributed by atoms with E-state index >= 15 is 0 Å². The van der Waals surface area contributed by atoms with Crippen molar-refractivity contribution in [1.29, 1.82) is 0 Å². The number of alkyl halides is 1. The average molecular weight is 243 g/mol. The predicted molar refractivity (Wildman–Crippen MR) is 57.4 cm³/mol. The van der Waals surface area contributed by atoms with Crippen LogP contribution in [0.1, 0.15) is 30.4 Å². The van der Waals surface area contributed by atoms with Gasteiger partial charge >= 0.3 is 0 Å². The van der Waals surface area contributed by atoms with Crippen LogP contribution in [0.15, 0.2) is 10.5 Å². The van der Waals surface area contributed by atoms with E-state index in [4.69, 9.17) is 4.42 Å². The highest BCUT2D eigenvalue weighted by molar-refractivity contribution is 9.09. The monoisotopic (exact) mass is 242 g/mol. The SMILES string of the molecule is Cc1cc(C2(C)CC2CBr)c(C)o1. The van der Waals surface area contributed by atoms with Crippen LogP contribution in [0.2, 0.25) is 0 Å². The van der Waals surface area contributed by atoms with E-state index in [2.05, 4.69) is 35.8 Å². The van der Waals surface area contributed by atoms with Gasteiger partial charge in [0.2, 0.25) is 0 Å². The van der Waals surface area contributed by atoms with Crippen LogP contribution in [0.25, 0.3) is 0 Å². The Morgan fingerprint density at radius 2 is 2.31 bits per heavy atom. The Balaban J connectivity index is 2.32. The minimum absolute atomic E-state index is 0.380. The van der Waals surface area contributed by atoms with Crippen molar-refractivity contribution in [2.45, 2.75) is 32.6 Å². The van der Waals surface area contributed by atoms with Gasteiger partial charge in [-0.15, -0.1) is 0 Å². The smallest absolute Gasteiger partial charge is 0.104 e. The maximum absolute atomic E-state index is 5.56. The number of aryl methyl sites for hydroxylation is 2. The highest BCUT2D eigenvalue weighted by Gasteiger charge is 2.51. The van der Waals surface area contributed by atoms with Crippen molar-refractivity contribution in [2.24, 2.45) is 5.92 Å². The molecule has 1 fully saturated rings. The zero-order valence-electron chi connectivity index (χ0n) is 8.36. The van der Waals surface area contributed by atoms with Crippen molar-refractivity contribution in [3.63, 3.8) is 0 Å². The molecular weight excluding hydrogens is 228 g/mol. The molecule has 0 radical (unpaired) electrons. The molecule has 1 heterocycles. The molecule has 1 aromatic rings. The van der Waals surface area contributed by atoms with E-state index in [0.29, 0.717) is 5.41 Å². The van der Waals surface area contributed by atoms with Crippen LogP contribution in [0, 0.1) is 19.8 Å². The maximum atomic E-state index is 5.56. The summed E-state index contributed by atoms with van der Waals surface area (Å²) in [6.07, 6.45) is 1.29. The molecular formula is C11H15BrO. The second kappa shape index (κ2) is 2.88. The third-order valence-electron chi connectivity index (χ3n) is 3.25. The second-order valence-electron chi connectivity index (χ2n) is 4.30. The maximum Gasteiger partial charge on any atom is 0.104 e. The highest BCUT2D eigenvalue weighted by Crippen LogP contribution is 2.55. The molecule has 2 atom stereocenters. The van der Waals surface area contributed by atoms with E-state index in [-0.39, 0.29) is 0 Å². The summed E-state index contributed by atoms with van der Waals surface area (Å²) < 4.78 is 5.56. The molecule has 1 aliphatic rings. The molecule has 13 heavy (non-hydrogen) atoms. The summed E-state index contributed by atoms with van der Waals surface area (Å²) in [6.45, 7) is 6.42. The van der Waals surface area contributed by atoms with Crippen LogP contribution in [0.5, 0.6) is 0 Å². The van der Waals surface area contributed by atoms with E-state index in [1.165, 1.54) is 12.0 Å². The summed E-state index contributed by atoms with van der Waals surface area (Å²) in [7, 11) is 0. The first-order chi connectivity index (χ1) is 6.08. The summed E-state index contributed by atoms with van der Waals surface area (Å²) in [5.41, 5.74) is 1.79. The van der Waals surface area contributed by atoms with Crippen LogP contribution in [-0.4, -0.2) is 5.33 Å². The standard InChI is InChI=1S/C11H15BrO/c1-7-4-10(8(2)13-7)11(3)5-9(11)6-12/h4,9H,5-6H2,1-3H3. The van der Waals surface area contributed by atoms with E-state index in [9.17, 15) is 0 Å². The van der Waals surface area contributed by atoms with E-state index in [1.54, 1.807) is 0 Å². The normalized spacial score (nSPS) is 32.2. The third-order valence-corrected chi connectivity index (χ3v) is 4.04. The summed E-state index contributed by atoms with van der Waals surface area (Å²) >= 11 is 3.55. The van der Waals surface area contributed by atoms with Gasteiger partial charge in [-0.2, -0.15) is 0 Å². The van der Waals surface area contributed by atoms with Gasteiger partial charge < -0.3 is 4.42 Å². The molecule has 2 heteroatoms. The van der Waals surface area contributed by atoms with Crippen LogP contribution in [0.4, 0.5) is 0 Å². The number of rotatable bonds is 2. The minimum atomic E-state index is 0.380. The molecule has 0 aliphatic heterocycles. The van der Waals surface area contributed by atoms with Crippen molar-refractivity contribution in [2.75, 3.05) is 5.33 Å². The Morgan fingerprint density at radius 3 is 2.69 bits per heavy atom. The lowest BCUT2D eigenvalue weighted by molar-refractivity contribution is 0.496. The van der Waals surface area contributed by atoms with Gasteiger partial charge in [0, 0.05) is 5.33 Å².